The second-order valence-corrected chi connectivity index (χ2v) is 8.90. The third-order valence-corrected chi connectivity index (χ3v) is 5.92. The maximum Gasteiger partial charge on any atom is 0.328 e. The predicted molar refractivity (Wildman–Crippen MR) is 146 cm³/mol. The van der Waals surface area contributed by atoms with E-state index < -0.39 is 17.7 Å². The topological polar surface area (TPSA) is 101 Å². The van der Waals surface area contributed by atoms with Crippen molar-refractivity contribution in [2.45, 2.75) is 26.7 Å². The van der Waals surface area contributed by atoms with E-state index in [9.17, 15) is 14.4 Å². The number of amides is 3. The van der Waals surface area contributed by atoms with Gasteiger partial charge in [0.1, 0.15) is 11.4 Å². The Labute approximate surface area is 219 Å². The van der Waals surface area contributed by atoms with Crippen molar-refractivity contribution >= 4 is 51.6 Å². The number of nitrogens with one attached hydrogen (secondary N) is 3. The summed E-state index contributed by atoms with van der Waals surface area (Å²) < 4.78 is 6.90. The van der Waals surface area contributed by atoms with Crippen molar-refractivity contribution in [3.63, 3.8) is 0 Å². The average Bonchev–Trinajstić information content (AvgIpc) is 3.23. The van der Waals surface area contributed by atoms with Crippen LogP contribution in [-0.4, -0.2) is 29.0 Å². The van der Waals surface area contributed by atoms with Gasteiger partial charge in [-0.3, -0.25) is 19.8 Å². The Balaban J connectivity index is 1.52. The van der Waals surface area contributed by atoms with E-state index in [1.54, 1.807) is 54.6 Å². The van der Waals surface area contributed by atoms with Gasteiger partial charge in [-0.25, -0.2) is 4.68 Å². The summed E-state index contributed by atoms with van der Waals surface area (Å²) >= 11 is 6.13. The Hall–Kier alpha value is -4.30. The van der Waals surface area contributed by atoms with E-state index in [1.165, 1.54) is 4.68 Å². The van der Waals surface area contributed by atoms with E-state index in [0.717, 1.165) is 18.4 Å². The van der Waals surface area contributed by atoms with Gasteiger partial charge in [-0.15, -0.1) is 0 Å². The summed E-state index contributed by atoms with van der Waals surface area (Å²) in [5.74, 6) is -1.61. The fourth-order valence-corrected chi connectivity index (χ4v) is 3.86. The number of aryl methyl sites for hydroxylation is 1. The molecule has 1 aromatic heterocycles. The molecule has 37 heavy (non-hydrogen) atoms. The molecule has 4 rings (SSSR count). The van der Waals surface area contributed by atoms with Crippen LogP contribution >= 0.6 is 11.6 Å². The summed E-state index contributed by atoms with van der Waals surface area (Å²) in [6, 6.07) is 20.7. The van der Waals surface area contributed by atoms with E-state index >= 15 is 0 Å². The molecule has 0 saturated heterocycles. The summed E-state index contributed by atoms with van der Waals surface area (Å²) in [7, 11) is 0. The highest BCUT2D eigenvalue weighted by molar-refractivity contribution is 6.42. The lowest BCUT2D eigenvalue weighted by molar-refractivity contribution is -0.133. The fourth-order valence-electron chi connectivity index (χ4n) is 3.68. The highest BCUT2D eigenvalue weighted by Crippen LogP contribution is 2.24. The molecule has 0 aliphatic carbocycles. The predicted octanol–water partition coefficient (Wildman–Crippen LogP) is 5.74. The van der Waals surface area contributed by atoms with Crippen LogP contribution in [-0.2, 0) is 9.59 Å². The number of anilines is 2. The van der Waals surface area contributed by atoms with Crippen molar-refractivity contribution in [2.75, 3.05) is 22.7 Å². The Morgan fingerprint density at radius 1 is 0.919 bits per heavy atom. The number of benzene rings is 3. The number of ether oxygens (including phenoxy) is 1. The molecule has 0 atom stereocenters. The van der Waals surface area contributed by atoms with Crippen LogP contribution in [0.4, 0.5) is 11.4 Å². The molecule has 190 valence electrons. The minimum Gasteiger partial charge on any atom is -0.494 e. The molecule has 3 N–H and O–H groups in total. The molecule has 1 heterocycles. The van der Waals surface area contributed by atoms with Gasteiger partial charge in [0, 0.05) is 21.8 Å². The molecule has 0 spiro atoms. The van der Waals surface area contributed by atoms with Gasteiger partial charge >= 0.3 is 11.8 Å². The van der Waals surface area contributed by atoms with Gasteiger partial charge in [-0.1, -0.05) is 43.1 Å². The van der Waals surface area contributed by atoms with Crippen molar-refractivity contribution in [3.05, 3.63) is 89.1 Å². The van der Waals surface area contributed by atoms with Gasteiger partial charge < -0.3 is 15.4 Å². The summed E-state index contributed by atoms with van der Waals surface area (Å²) in [4.78, 5) is 38.7. The molecule has 0 fully saturated rings. The highest BCUT2D eigenvalue weighted by Gasteiger charge is 2.21. The maximum atomic E-state index is 13.2. The quantitative estimate of drug-likeness (QED) is 0.204. The molecule has 3 amide bonds. The fraction of sp³-hybridized carbons (Fsp3) is 0.179. The van der Waals surface area contributed by atoms with Crippen LogP contribution in [0.1, 0.15) is 35.8 Å². The van der Waals surface area contributed by atoms with Crippen LogP contribution in [0, 0.1) is 6.92 Å². The Bertz CT molecular complexity index is 1450. The first-order valence-electron chi connectivity index (χ1n) is 11.9. The minimum absolute atomic E-state index is 0.134. The van der Waals surface area contributed by atoms with Crippen LogP contribution in [0.5, 0.6) is 5.75 Å². The number of para-hydroxylation sites is 1. The first-order chi connectivity index (χ1) is 17.9. The number of nitrogens with zero attached hydrogens (tertiary/aromatic N) is 1. The van der Waals surface area contributed by atoms with Crippen LogP contribution in [0.3, 0.4) is 0 Å². The number of halogens is 1. The molecule has 8 nitrogen and oxygen atoms in total. The monoisotopic (exact) mass is 518 g/mol. The summed E-state index contributed by atoms with van der Waals surface area (Å²) in [6.07, 6.45) is 1.98. The molecule has 0 radical (unpaired) electrons. The van der Waals surface area contributed by atoms with Gasteiger partial charge in [0.05, 0.1) is 12.1 Å². The minimum atomic E-state index is -0.944. The van der Waals surface area contributed by atoms with Crippen molar-refractivity contribution < 1.29 is 19.1 Å². The number of hydrogen-bond donors (Lipinski definition) is 3. The molecule has 0 saturated carbocycles. The molecule has 3 aromatic carbocycles. The smallest absolute Gasteiger partial charge is 0.328 e. The molecular weight excluding hydrogens is 492 g/mol. The number of aromatic nitrogens is 1. The van der Waals surface area contributed by atoms with Crippen molar-refractivity contribution in [3.8, 4) is 5.75 Å². The largest absolute Gasteiger partial charge is 0.494 e. The SMILES string of the molecule is CCCCOc1ccc(NC(=O)C(=O)Nn2c(C(=O)Nc3ccccc3C)cc3cc(Cl)ccc32)cc1. The zero-order valence-corrected chi connectivity index (χ0v) is 21.3. The number of hydrogen-bond acceptors (Lipinski definition) is 4. The lowest BCUT2D eigenvalue weighted by Crippen LogP contribution is -2.36. The zero-order chi connectivity index (χ0) is 26.4. The number of unbranched alkanes of at least 4 members (excludes halogenated alkanes) is 1. The van der Waals surface area contributed by atoms with Crippen molar-refractivity contribution in [2.24, 2.45) is 0 Å². The van der Waals surface area contributed by atoms with Crippen molar-refractivity contribution in [1.82, 2.24) is 4.68 Å². The lowest BCUT2D eigenvalue weighted by atomic mass is 10.2. The highest BCUT2D eigenvalue weighted by atomic mass is 35.5. The molecule has 0 bridgehead atoms. The Morgan fingerprint density at radius 2 is 1.68 bits per heavy atom. The molecule has 9 heteroatoms. The number of carbonyl (C=O) groups is 3. The first-order valence-corrected chi connectivity index (χ1v) is 12.3. The lowest BCUT2D eigenvalue weighted by Gasteiger charge is -2.13. The van der Waals surface area contributed by atoms with E-state index in [2.05, 4.69) is 23.0 Å². The van der Waals surface area contributed by atoms with Crippen molar-refractivity contribution in [1.29, 1.82) is 0 Å². The van der Waals surface area contributed by atoms with Crippen LogP contribution in [0.25, 0.3) is 10.9 Å². The molecular formula is C28H27ClN4O4. The zero-order valence-electron chi connectivity index (χ0n) is 20.5. The number of fused-ring (bicyclic) bond motifs is 1. The van der Waals surface area contributed by atoms with Crippen LogP contribution < -0.4 is 20.8 Å². The van der Waals surface area contributed by atoms with Gasteiger partial charge in [-0.2, -0.15) is 0 Å². The van der Waals surface area contributed by atoms with Crippen LogP contribution in [0.15, 0.2) is 72.8 Å². The maximum absolute atomic E-state index is 13.2. The second kappa shape index (κ2) is 11.6. The van der Waals surface area contributed by atoms with Gasteiger partial charge in [0.2, 0.25) is 0 Å². The van der Waals surface area contributed by atoms with Gasteiger partial charge in [-0.05, 0) is 73.5 Å². The number of carbonyl (C=O) groups excluding carboxylic acids is 3. The van der Waals surface area contributed by atoms with E-state index in [-0.39, 0.29) is 5.69 Å². The summed E-state index contributed by atoms with van der Waals surface area (Å²) in [5, 5.41) is 6.51. The third kappa shape index (κ3) is 6.29. The first kappa shape index (κ1) is 25.8. The van der Waals surface area contributed by atoms with E-state index in [4.69, 9.17) is 16.3 Å². The molecule has 0 aliphatic rings. The van der Waals surface area contributed by atoms with Gasteiger partial charge in [0.15, 0.2) is 0 Å². The molecule has 0 unspecified atom stereocenters. The normalized spacial score (nSPS) is 10.7. The Morgan fingerprint density at radius 3 is 2.41 bits per heavy atom. The van der Waals surface area contributed by atoms with Gasteiger partial charge in [0.25, 0.3) is 5.91 Å². The summed E-state index contributed by atoms with van der Waals surface area (Å²) in [6.45, 7) is 4.57. The summed E-state index contributed by atoms with van der Waals surface area (Å²) in [5.41, 5.74) is 5.13. The number of rotatable bonds is 8. The average molecular weight is 519 g/mol. The standard InChI is InChI=1S/C28H27ClN4O4/c1-3-4-15-37-22-12-10-21(11-13-22)30-27(35)28(36)32-33-24-14-9-20(29)16-19(24)17-25(33)26(34)31-23-8-6-5-7-18(23)2/h5-14,16-17H,3-4,15H2,1-2H3,(H,30,35)(H,31,34)(H,32,36). The van der Waals surface area contributed by atoms with Crippen LogP contribution in [0.2, 0.25) is 5.02 Å². The van der Waals surface area contributed by atoms with E-state index in [0.29, 0.717) is 39.7 Å². The second-order valence-electron chi connectivity index (χ2n) is 8.46. The molecule has 4 aromatic rings. The third-order valence-electron chi connectivity index (χ3n) is 5.69. The Kier molecular flexibility index (Phi) is 8.10. The molecule has 0 aliphatic heterocycles. The van der Waals surface area contributed by atoms with E-state index in [1.807, 2.05) is 25.1 Å².